The molecule has 166 valence electrons. The van der Waals surface area contributed by atoms with E-state index >= 15 is 0 Å². The number of amides is 1. The van der Waals surface area contributed by atoms with Gasteiger partial charge in [0, 0.05) is 60.1 Å². The first-order valence-electron chi connectivity index (χ1n) is 11.4. The summed E-state index contributed by atoms with van der Waals surface area (Å²) >= 11 is 0. The van der Waals surface area contributed by atoms with Gasteiger partial charge in [-0.15, -0.1) is 0 Å². The molecule has 1 N–H and O–H groups in total. The molecule has 5 heterocycles. The molecule has 0 fully saturated rings. The van der Waals surface area contributed by atoms with Gasteiger partial charge in [0.05, 0.1) is 11.2 Å². The van der Waals surface area contributed by atoms with Crippen LogP contribution in [0, 0.1) is 0 Å². The van der Waals surface area contributed by atoms with Crippen molar-refractivity contribution in [3.8, 4) is 22.5 Å². The third-order valence-corrected chi connectivity index (χ3v) is 6.23. The number of hydrogen-bond donors (Lipinski definition) is 1. The number of pyridine rings is 3. The number of carbonyl (C=O) groups excluding carboxylic acids is 1. The van der Waals surface area contributed by atoms with Crippen molar-refractivity contribution in [1.29, 1.82) is 0 Å². The molecule has 0 saturated carbocycles. The number of aromatic nitrogens is 5. The van der Waals surface area contributed by atoms with Crippen LogP contribution in [0.3, 0.4) is 0 Å². The van der Waals surface area contributed by atoms with E-state index in [1.165, 1.54) is 5.69 Å². The molecular weight excluding hydrogens is 424 g/mol. The number of fused-ring (bicyclic) bond motifs is 2. The summed E-state index contributed by atoms with van der Waals surface area (Å²) in [7, 11) is 0. The molecule has 0 radical (unpaired) electrons. The highest BCUT2D eigenvalue weighted by molar-refractivity contribution is 6.03. The Morgan fingerprint density at radius 1 is 0.971 bits per heavy atom. The maximum Gasteiger partial charge on any atom is 0.251 e. The Kier molecular flexibility index (Phi) is 5.07. The summed E-state index contributed by atoms with van der Waals surface area (Å²) in [6.45, 7) is 1.36. The van der Waals surface area contributed by atoms with Crippen LogP contribution in [0.25, 0.3) is 33.4 Å². The van der Waals surface area contributed by atoms with Gasteiger partial charge in [0.2, 0.25) is 0 Å². The minimum Gasteiger partial charge on any atom is -0.348 e. The van der Waals surface area contributed by atoms with Crippen molar-refractivity contribution < 1.29 is 4.79 Å². The maximum absolute atomic E-state index is 12.8. The van der Waals surface area contributed by atoms with Crippen LogP contribution in [-0.2, 0) is 19.5 Å². The van der Waals surface area contributed by atoms with Crippen LogP contribution < -0.4 is 5.32 Å². The molecule has 0 spiro atoms. The van der Waals surface area contributed by atoms with E-state index in [0.29, 0.717) is 12.1 Å². The fourth-order valence-electron chi connectivity index (χ4n) is 4.59. The highest BCUT2D eigenvalue weighted by Crippen LogP contribution is 2.39. The summed E-state index contributed by atoms with van der Waals surface area (Å²) in [4.78, 5) is 25.9. The number of carbonyl (C=O) groups is 1. The number of benzene rings is 1. The lowest BCUT2D eigenvalue weighted by Gasteiger charge is -2.10. The Morgan fingerprint density at radius 3 is 2.74 bits per heavy atom. The third-order valence-electron chi connectivity index (χ3n) is 6.23. The summed E-state index contributed by atoms with van der Waals surface area (Å²) in [6, 6.07) is 17.4. The SMILES string of the molecule is O=C(NCc1ccncc1)c1ccc2c(-c3c(-c4ccccn4)nn4c3CCC4)ccnc2c1. The molecule has 7 nitrogen and oxygen atoms in total. The monoisotopic (exact) mass is 446 g/mol. The molecule has 1 aliphatic heterocycles. The quantitative estimate of drug-likeness (QED) is 0.432. The van der Waals surface area contributed by atoms with Crippen molar-refractivity contribution in [1.82, 2.24) is 30.0 Å². The van der Waals surface area contributed by atoms with Crippen molar-refractivity contribution >= 4 is 16.8 Å². The van der Waals surface area contributed by atoms with Crippen LogP contribution in [0.4, 0.5) is 0 Å². The second-order valence-corrected chi connectivity index (χ2v) is 8.34. The molecule has 4 aromatic heterocycles. The van der Waals surface area contributed by atoms with E-state index in [9.17, 15) is 4.79 Å². The zero-order chi connectivity index (χ0) is 22.9. The Morgan fingerprint density at radius 2 is 1.88 bits per heavy atom. The van der Waals surface area contributed by atoms with Gasteiger partial charge in [-0.3, -0.25) is 24.4 Å². The Balaban J connectivity index is 1.39. The fraction of sp³-hybridized carbons (Fsp3) is 0.148. The first-order valence-corrected chi connectivity index (χ1v) is 11.4. The Labute approximate surface area is 196 Å². The van der Waals surface area contributed by atoms with Crippen molar-refractivity contribution in [2.75, 3.05) is 0 Å². The molecule has 1 amide bonds. The lowest BCUT2D eigenvalue weighted by molar-refractivity contribution is 0.0951. The Hall–Kier alpha value is -4.39. The highest BCUT2D eigenvalue weighted by Gasteiger charge is 2.25. The molecule has 1 aliphatic rings. The number of hydrogen-bond acceptors (Lipinski definition) is 5. The third kappa shape index (κ3) is 3.61. The number of nitrogens with zero attached hydrogens (tertiary/aromatic N) is 5. The van der Waals surface area contributed by atoms with Crippen LogP contribution in [0.2, 0.25) is 0 Å². The lowest BCUT2D eigenvalue weighted by Crippen LogP contribution is -2.22. The molecule has 0 atom stereocenters. The van der Waals surface area contributed by atoms with E-state index in [1.54, 1.807) is 24.8 Å². The zero-order valence-electron chi connectivity index (χ0n) is 18.5. The minimum absolute atomic E-state index is 0.133. The van der Waals surface area contributed by atoms with E-state index in [0.717, 1.165) is 58.4 Å². The molecule has 1 aromatic carbocycles. The Bertz CT molecular complexity index is 1490. The molecule has 34 heavy (non-hydrogen) atoms. The van der Waals surface area contributed by atoms with Gasteiger partial charge in [-0.05, 0) is 66.4 Å². The molecular formula is C27H22N6O. The maximum atomic E-state index is 12.8. The first-order chi connectivity index (χ1) is 16.8. The smallest absolute Gasteiger partial charge is 0.251 e. The molecule has 6 rings (SSSR count). The molecule has 0 bridgehead atoms. The van der Waals surface area contributed by atoms with Crippen molar-refractivity contribution in [3.63, 3.8) is 0 Å². The second-order valence-electron chi connectivity index (χ2n) is 8.34. The highest BCUT2D eigenvalue weighted by atomic mass is 16.1. The van der Waals surface area contributed by atoms with E-state index in [4.69, 9.17) is 5.10 Å². The van der Waals surface area contributed by atoms with Gasteiger partial charge in [-0.25, -0.2) is 0 Å². The lowest BCUT2D eigenvalue weighted by atomic mass is 9.96. The van der Waals surface area contributed by atoms with Crippen molar-refractivity contribution in [2.45, 2.75) is 25.9 Å². The van der Waals surface area contributed by atoms with Crippen molar-refractivity contribution in [2.24, 2.45) is 0 Å². The van der Waals surface area contributed by atoms with Gasteiger partial charge in [0.25, 0.3) is 5.91 Å². The largest absolute Gasteiger partial charge is 0.348 e. The van der Waals surface area contributed by atoms with Gasteiger partial charge in [0.1, 0.15) is 5.69 Å². The number of nitrogens with one attached hydrogen (secondary N) is 1. The van der Waals surface area contributed by atoms with Crippen LogP contribution >= 0.6 is 0 Å². The summed E-state index contributed by atoms with van der Waals surface area (Å²) < 4.78 is 2.10. The molecule has 7 heteroatoms. The van der Waals surface area contributed by atoms with Gasteiger partial charge < -0.3 is 5.32 Å². The van der Waals surface area contributed by atoms with Crippen molar-refractivity contribution in [3.05, 3.63) is 96.2 Å². The predicted molar refractivity (Wildman–Crippen MR) is 130 cm³/mol. The number of aryl methyl sites for hydroxylation is 1. The molecule has 0 aliphatic carbocycles. The average Bonchev–Trinajstić information content (AvgIpc) is 3.49. The average molecular weight is 447 g/mol. The van der Waals surface area contributed by atoms with E-state index < -0.39 is 0 Å². The summed E-state index contributed by atoms with van der Waals surface area (Å²) in [5.41, 5.74) is 7.51. The summed E-state index contributed by atoms with van der Waals surface area (Å²) in [6.07, 6.45) is 9.10. The predicted octanol–water partition coefficient (Wildman–Crippen LogP) is 4.43. The van der Waals surface area contributed by atoms with E-state index in [1.807, 2.05) is 54.6 Å². The molecule has 0 saturated heterocycles. The standard InChI is InChI=1S/C27H22N6O/c34-27(31-17-18-8-12-28-13-9-18)19-6-7-20-21(10-14-30-23(20)16-19)25-24-5-3-15-33(24)32-26(25)22-4-1-2-11-29-22/h1-2,4,6-14,16H,3,5,15,17H2,(H,31,34). The fourth-order valence-corrected chi connectivity index (χ4v) is 4.59. The van der Waals surface area contributed by atoms with E-state index in [-0.39, 0.29) is 5.91 Å². The minimum atomic E-state index is -0.133. The normalized spacial score (nSPS) is 12.6. The number of rotatable bonds is 5. The molecule has 5 aromatic rings. The van der Waals surface area contributed by atoms with Crippen LogP contribution in [0.5, 0.6) is 0 Å². The molecule has 0 unspecified atom stereocenters. The van der Waals surface area contributed by atoms with Gasteiger partial charge in [0.15, 0.2) is 0 Å². The first kappa shape index (κ1) is 20.2. The van der Waals surface area contributed by atoms with Gasteiger partial charge in [-0.2, -0.15) is 5.10 Å². The topological polar surface area (TPSA) is 85.6 Å². The van der Waals surface area contributed by atoms with Crippen LogP contribution in [-0.4, -0.2) is 30.6 Å². The van der Waals surface area contributed by atoms with Gasteiger partial charge in [-0.1, -0.05) is 12.1 Å². The summed E-state index contributed by atoms with van der Waals surface area (Å²) in [5.74, 6) is -0.133. The van der Waals surface area contributed by atoms with E-state index in [2.05, 4.69) is 25.0 Å². The zero-order valence-corrected chi connectivity index (χ0v) is 18.5. The van der Waals surface area contributed by atoms with Crippen LogP contribution in [0.1, 0.15) is 28.0 Å². The second kappa shape index (κ2) is 8.51. The summed E-state index contributed by atoms with van der Waals surface area (Å²) in [5, 5.41) is 8.87. The van der Waals surface area contributed by atoms with Crippen LogP contribution in [0.15, 0.2) is 79.4 Å². The van der Waals surface area contributed by atoms with Gasteiger partial charge >= 0.3 is 0 Å².